The lowest BCUT2D eigenvalue weighted by molar-refractivity contribution is -0.897. The van der Waals surface area contributed by atoms with Gasteiger partial charge in [-0.05, 0) is 12.5 Å². The zero-order valence-electron chi connectivity index (χ0n) is 8.46. The Kier molecular flexibility index (Phi) is 1.92. The number of rotatable bonds is 0. The predicted octanol–water partition coefficient (Wildman–Crippen LogP) is 2.54. The highest BCUT2D eigenvalue weighted by atomic mass is 15.3. The van der Waals surface area contributed by atoms with Crippen LogP contribution in [0.4, 0.5) is 0 Å². The second-order valence-corrected chi connectivity index (χ2v) is 4.33. The Morgan fingerprint density at radius 2 is 2.08 bits per heavy atom. The molecule has 2 rings (SSSR count). The van der Waals surface area contributed by atoms with Gasteiger partial charge in [-0.15, -0.1) is 7.05 Å². The van der Waals surface area contributed by atoms with Gasteiger partial charge in [-0.2, -0.15) is 0 Å². The number of likely N-dealkylation sites (N-methyl/N-ethyl adjacent to an activating group) is 1. The maximum atomic E-state index is 4.25. The highest BCUT2D eigenvalue weighted by molar-refractivity contribution is 5.30. The molecule has 1 aliphatic rings. The molecule has 0 N–H and O–H groups in total. The van der Waals surface area contributed by atoms with Crippen molar-refractivity contribution < 1.29 is 4.48 Å². The van der Waals surface area contributed by atoms with Crippen molar-refractivity contribution in [3.63, 3.8) is 0 Å². The quantitative estimate of drug-likeness (QED) is 0.420. The van der Waals surface area contributed by atoms with Crippen LogP contribution in [-0.2, 0) is 6.42 Å². The molecule has 1 heterocycles. The van der Waals surface area contributed by atoms with Crippen LogP contribution in [0.1, 0.15) is 24.1 Å². The van der Waals surface area contributed by atoms with Gasteiger partial charge in [0.25, 0.3) is 0 Å². The molecule has 0 radical (unpaired) electrons. The van der Waals surface area contributed by atoms with Crippen molar-refractivity contribution in [2.75, 3.05) is 13.6 Å². The molecule has 0 aromatic heterocycles. The third kappa shape index (κ3) is 1.37. The Bertz CT molecular complexity index is 315. The van der Waals surface area contributed by atoms with Gasteiger partial charge >= 0.3 is 0 Å². The van der Waals surface area contributed by atoms with Gasteiger partial charge in [-0.3, -0.25) is 0 Å². The lowest BCUT2D eigenvalue weighted by Crippen LogP contribution is -2.44. The predicted molar refractivity (Wildman–Crippen MR) is 55.0 cm³/mol. The molecular weight excluding hydrogens is 158 g/mol. The highest BCUT2D eigenvalue weighted by Crippen LogP contribution is 2.32. The molecule has 1 aliphatic heterocycles. The molecule has 0 aliphatic carbocycles. The number of quaternary nitrogens is 1. The van der Waals surface area contributed by atoms with Crippen molar-refractivity contribution in [1.29, 1.82) is 0 Å². The number of benzene rings is 1. The van der Waals surface area contributed by atoms with Gasteiger partial charge < -0.3 is 4.48 Å². The van der Waals surface area contributed by atoms with Crippen molar-refractivity contribution in [3.05, 3.63) is 42.4 Å². The molecule has 1 aromatic carbocycles. The maximum absolute atomic E-state index is 4.25. The molecule has 70 valence electrons. The molecule has 2 atom stereocenters. The molecule has 0 amide bonds. The van der Waals surface area contributed by atoms with Crippen molar-refractivity contribution in [1.82, 2.24) is 0 Å². The number of fused-ring (bicyclic) bond motifs is 1. The van der Waals surface area contributed by atoms with Crippen LogP contribution in [0.15, 0.2) is 24.3 Å². The first-order valence-electron chi connectivity index (χ1n) is 4.88. The average molecular weight is 175 g/mol. The van der Waals surface area contributed by atoms with E-state index in [-0.39, 0.29) is 0 Å². The molecule has 0 spiro atoms. The largest absolute Gasteiger partial charge is 0.453 e. The summed E-state index contributed by atoms with van der Waals surface area (Å²) in [7, 11) is 6.46. The molecular formula is C12H17N. The summed E-state index contributed by atoms with van der Waals surface area (Å²) in [5.41, 5.74) is 2.99. The van der Waals surface area contributed by atoms with E-state index in [1.807, 2.05) is 0 Å². The van der Waals surface area contributed by atoms with E-state index in [1.165, 1.54) is 17.5 Å². The Morgan fingerprint density at radius 3 is 2.85 bits per heavy atom. The lowest BCUT2D eigenvalue weighted by atomic mass is 9.92. The van der Waals surface area contributed by atoms with Gasteiger partial charge in [0.1, 0.15) is 0 Å². The molecule has 1 nitrogen and oxygen atoms in total. The zero-order valence-corrected chi connectivity index (χ0v) is 8.46. The number of nitrogens with zero attached hydrogens (tertiary/aromatic N) is 1. The van der Waals surface area contributed by atoms with Gasteiger partial charge in [-0.25, -0.2) is 0 Å². The van der Waals surface area contributed by atoms with Gasteiger partial charge in [0.05, 0.1) is 12.6 Å². The monoisotopic (exact) mass is 175 g/mol. The molecule has 2 unspecified atom stereocenters. The van der Waals surface area contributed by atoms with Crippen LogP contribution < -0.4 is 0 Å². The minimum atomic E-state index is 0.532. The van der Waals surface area contributed by atoms with Crippen LogP contribution in [0.5, 0.6) is 0 Å². The van der Waals surface area contributed by atoms with Crippen LogP contribution in [-0.4, -0.2) is 18.1 Å². The third-order valence-corrected chi connectivity index (χ3v) is 3.33. The molecule has 1 heteroatoms. The minimum Gasteiger partial charge on any atom is -0.453 e. The average Bonchev–Trinajstić information content (AvgIpc) is 2.13. The van der Waals surface area contributed by atoms with Crippen molar-refractivity contribution in [2.45, 2.75) is 19.4 Å². The van der Waals surface area contributed by atoms with Crippen LogP contribution in [0.2, 0.25) is 0 Å². The van der Waals surface area contributed by atoms with E-state index in [0.29, 0.717) is 6.04 Å². The van der Waals surface area contributed by atoms with Gasteiger partial charge in [0, 0.05) is 19.0 Å². The summed E-state index contributed by atoms with van der Waals surface area (Å²) in [6.45, 7) is 3.42. The maximum Gasteiger partial charge on any atom is 0.0878 e. The first-order chi connectivity index (χ1) is 6.11. The molecule has 0 fully saturated rings. The van der Waals surface area contributed by atoms with Gasteiger partial charge in [-0.1, -0.05) is 24.3 Å². The first-order valence-corrected chi connectivity index (χ1v) is 4.88. The second-order valence-electron chi connectivity index (χ2n) is 4.33. The second kappa shape index (κ2) is 2.85. The fourth-order valence-corrected chi connectivity index (χ4v) is 2.07. The van der Waals surface area contributed by atoms with E-state index in [9.17, 15) is 0 Å². The Labute approximate surface area is 80.6 Å². The highest BCUT2D eigenvalue weighted by Gasteiger charge is 2.26. The Morgan fingerprint density at radius 1 is 1.38 bits per heavy atom. The summed E-state index contributed by atoms with van der Waals surface area (Å²) in [6.07, 6.45) is 1.17. The summed E-state index contributed by atoms with van der Waals surface area (Å²) in [4.78, 5) is 0. The fraction of sp³-hybridized carbons (Fsp3) is 0.417. The smallest absolute Gasteiger partial charge is 0.0878 e. The summed E-state index contributed by atoms with van der Waals surface area (Å²) in [5.74, 6) is 0. The normalized spacial score (nSPS) is 32.7. The molecule has 0 saturated carbocycles. The number of hydrogen-bond donors (Lipinski definition) is 0. The first kappa shape index (κ1) is 8.76. The van der Waals surface area contributed by atoms with Crippen LogP contribution in [0.25, 0.3) is 0 Å². The summed E-state index contributed by atoms with van der Waals surface area (Å²) in [6, 6.07) is 9.27. The van der Waals surface area contributed by atoms with E-state index in [2.05, 4.69) is 45.3 Å². The SMILES string of the molecule is [CH2-][N+]1(C)CCc2ccccc2C1C. The van der Waals surface area contributed by atoms with E-state index in [0.717, 1.165) is 11.0 Å². The van der Waals surface area contributed by atoms with E-state index in [4.69, 9.17) is 0 Å². The summed E-state index contributed by atoms with van der Waals surface area (Å²) in [5, 5.41) is 0. The summed E-state index contributed by atoms with van der Waals surface area (Å²) < 4.78 is 0.872. The van der Waals surface area contributed by atoms with Crippen LogP contribution in [0, 0.1) is 7.05 Å². The molecule has 0 saturated heterocycles. The topological polar surface area (TPSA) is 0 Å². The molecule has 0 bridgehead atoms. The van der Waals surface area contributed by atoms with Gasteiger partial charge in [0.2, 0.25) is 0 Å². The summed E-state index contributed by atoms with van der Waals surface area (Å²) >= 11 is 0. The fourth-order valence-electron chi connectivity index (χ4n) is 2.07. The third-order valence-electron chi connectivity index (χ3n) is 3.33. The molecule has 1 aromatic rings. The molecule has 13 heavy (non-hydrogen) atoms. The van der Waals surface area contributed by atoms with E-state index < -0.39 is 0 Å². The number of hydrogen-bond acceptors (Lipinski definition) is 0. The Hall–Kier alpha value is -0.820. The van der Waals surface area contributed by atoms with Gasteiger partial charge in [0.15, 0.2) is 0 Å². The van der Waals surface area contributed by atoms with E-state index in [1.54, 1.807) is 0 Å². The van der Waals surface area contributed by atoms with E-state index >= 15 is 0 Å². The van der Waals surface area contributed by atoms with Crippen molar-refractivity contribution in [2.24, 2.45) is 0 Å². The minimum absolute atomic E-state index is 0.532. The van der Waals surface area contributed by atoms with Crippen LogP contribution >= 0.6 is 0 Å². The Balaban J connectivity index is 2.45. The van der Waals surface area contributed by atoms with Crippen molar-refractivity contribution in [3.8, 4) is 0 Å². The van der Waals surface area contributed by atoms with Crippen LogP contribution in [0.3, 0.4) is 0 Å². The zero-order chi connectivity index (χ0) is 9.47. The lowest BCUT2D eigenvalue weighted by Gasteiger charge is -2.47. The standard InChI is InChI=1S/C12H17N/c1-10-12-7-5-4-6-11(12)8-9-13(10,2)3/h4-7,10H,2,8-9H2,1,3H3. The van der Waals surface area contributed by atoms with Crippen molar-refractivity contribution >= 4 is 0 Å².